The third kappa shape index (κ3) is 6.05. The molecule has 2 amide bonds. The third-order valence-corrected chi connectivity index (χ3v) is 4.81. The van der Waals surface area contributed by atoms with E-state index in [2.05, 4.69) is 16.8 Å². The maximum absolute atomic E-state index is 12.2. The molecule has 5 nitrogen and oxygen atoms in total. The van der Waals surface area contributed by atoms with Gasteiger partial charge in [0.25, 0.3) is 0 Å². The molecule has 0 aliphatic heterocycles. The average molecular weight is 349 g/mol. The Bertz CT molecular complexity index is 659. The van der Waals surface area contributed by atoms with Crippen molar-refractivity contribution >= 4 is 40.6 Å². The first-order valence-corrected chi connectivity index (χ1v) is 8.97. The van der Waals surface area contributed by atoms with Gasteiger partial charge >= 0.3 is 0 Å². The van der Waals surface area contributed by atoms with Crippen LogP contribution in [0.4, 0.5) is 5.69 Å². The van der Waals surface area contributed by atoms with E-state index in [0.29, 0.717) is 12.2 Å². The van der Waals surface area contributed by atoms with Crippen molar-refractivity contribution in [3.8, 4) is 0 Å². The molecule has 0 saturated heterocycles. The van der Waals surface area contributed by atoms with Gasteiger partial charge in [0, 0.05) is 11.4 Å². The summed E-state index contributed by atoms with van der Waals surface area (Å²) in [6, 6.07) is 9.44. The number of benzene rings is 1. The van der Waals surface area contributed by atoms with Gasteiger partial charge in [0.05, 0.1) is 18.0 Å². The van der Waals surface area contributed by atoms with E-state index in [1.165, 1.54) is 17.3 Å². The largest absolute Gasteiger partial charge is 0.369 e. The Hall–Kier alpha value is -1.83. The second-order valence-corrected chi connectivity index (χ2v) is 6.90. The van der Waals surface area contributed by atoms with Crippen molar-refractivity contribution in [1.82, 2.24) is 4.90 Å². The number of nitrogens with zero attached hydrogens (tertiary/aromatic N) is 1. The fraction of sp³-hybridized carbons (Fsp3) is 0.250. The Morgan fingerprint density at radius 1 is 1.30 bits per heavy atom. The second kappa shape index (κ2) is 8.71. The smallest absolute Gasteiger partial charge is 0.238 e. The highest BCUT2D eigenvalue weighted by atomic mass is 32.2. The number of thioether (sulfide) groups is 1. The van der Waals surface area contributed by atoms with E-state index in [-0.39, 0.29) is 17.6 Å². The molecule has 1 aromatic carbocycles. The maximum Gasteiger partial charge on any atom is 0.238 e. The van der Waals surface area contributed by atoms with Gasteiger partial charge in [0.15, 0.2) is 0 Å². The lowest BCUT2D eigenvalue weighted by Gasteiger charge is -2.16. The van der Waals surface area contributed by atoms with Crippen LogP contribution in [0.1, 0.15) is 5.56 Å². The predicted octanol–water partition coefficient (Wildman–Crippen LogP) is 2.40. The molecule has 122 valence electrons. The summed E-state index contributed by atoms with van der Waals surface area (Å²) in [7, 11) is 1.91. The molecule has 0 saturated carbocycles. The molecule has 0 bridgehead atoms. The SMILES string of the molecule is CN(CC(=O)Nc1ccccc1SCC(N)=O)Cc1ccsc1. The van der Waals surface area contributed by atoms with Gasteiger partial charge in [-0.2, -0.15) is 11.3 Å². The van der Waals surface area contributed by atoms with Gasteiger partial charge < -0.3 is 11.1 Å². The highest BCUT2D eigenvalue weighted by Crippen LogP contribution is 2.26. The van der Waals surface area contributed by atoms with Crippen molar-refractivity contribution in [2.45, 2.75) is 11.4 Å². The molecule has 3 N–H and O–H groups in total. The number of primary amides is 1. The molecule has 0 unspecified atom stereocenters. The number of rotatable bonds is 8. The molecule has 0 aliphatic carbocycles. The summed E-state index contributed by atoms with van der Waals surface area (Å²) < 4.78 is 0. The lowest BCUT2D eigenvalue weighted by atomic mass is 10.3. The van der Waals surface area contributed by atoms with E-state index in [1.807, 2.05) is 41.6 Å². The molecular weight excluding hydrogens is 330 g/mol. The van der Waals surface area contributed by atoms with E-state index in [4.69, 9.17) is 5.73 Å². The van der Waals surface area contributed by atoms with Gasteiger partial charge in [-0.05, 0) is 41.6 Å². The van der Waals surface area contributed by atoms with Gasteiger partial charge in [0.2, 0.25) is 11.8 Å². The highest BCUT2D eigenvalue weighted by molar-refractivity contribution is 8.00. The van der Waals surface area contributed by atoms with Gasteiger partial charge in [-0.1, -0.05) is 12.1 Å². The van der Waals surface area contributed by atoms with Crippen LogP contribution < -0.4 is 11.1 Å². The average Bonchev–Trinajstić information content (AvgIpc) is 2.98. The number of hydrogen-bond donors (Lipinski definition) is 2. The Balaban J connectivity index is 1.90. The first kappa shape index (κ1) is 17.5. The summed E-state index contributed by atoms with van der Waals surface area (Å²) in [4.78, 5) is 25.9. The molecular formula is C16H19N3O2S2. The zero-order chi connectivity index (χ0) is 16.7. The Morgan fingerprint density at radius 3 is 2.78 bits per heavy atom. The Morgan fingerprint density at radius 2 is 2.09 bits per heavy atom. The van der Waals surface area contributed by atoms with Crippen molar-refractivity contribution < 1.29 is 9.59 Å². The van der Waals surface area contributed by atoms with Crippen LogP contribution in [0, 0.1) is 0 Å². The quantitative estimate of drug-likeness (QED) is 0.718. The molecule has 0 aliphatic rings. The Kier molecular flexibility index (Phi) is 6.64. The predicted molar refractivity (Wildman–Crippen MR) is 95.6 cm³/mol. The number of nitrogens with one attached hydrogen (secondary N) is 1. The number of carbonyl (C=O) groups is 2. The lowest BCUT2D eigenvalue weighted by Crippen LogP contribution is -2.29. The maximum atomic E-state index is 12.2. The molecule has 1 aromatic heterocycles. The number of likely N-dealkylation sites (N-methyl/N-ethyl adjacent to an activating group) is 1. The minimum absolute atomic E-state index is 0.0881. The van der Waals surface area contributed by atoms with Crippen molar-refractivity contribution in [2.24, 2.45) is 5.73 Å². The standard InChI is InChI=1S/C16H19N3O2S2/c1-19(8-12-6-7-22-10-12)9-16(21)18-13-4-2-3-5-14(13)23-11-15(17)20/h2-7,10H,8-9,11H2,1H3,(H2,17,20)(H,18,21). The number of thiophene rings is 1. The van der Waals surface area contributed by atoms with E-state index < -0.39 is 0 Å². The van der Waals surface area contributed by atoms with Crippen LogP contribution in [0.3, 0.4) is 0 Å². The minimum Gasteiger partial charge on any atom is -0.369 e. The van der Waals surface area contributed by atoms with Gasteiger partial charge in [-0.25, -0.2) is 0 Å². The zero-order valence-electron chi connectivity index (χ0n) is 12.8. The third-order valence-electron chi connectivity index (χ3n) is 2.98. The monoisotopic (exact) mass is 349 g/mol. The van der Waals surface area contributed by atoms with Crippen LogP contribution >= 0.6 is 23.1 Å². The summed E-state index contributed by atoms with van der Waals surface area (Å²) in [6.07, 6.45) is 0. The molecule has 23 heavy (non-hydrogen) atoms. The van der Waals surface area contributed by atoms with Crippen LogP contribution in [-0.4, -0.2) is 36.1 Å². The Labute approximate surface area is 143 Å². The summed E-state index contributed by atoms with van der Waals surface area (Å²) in [5.74, 6) is -0.285. The van der Waals surface area contributed by atoms with E-state index in [9.17, 15) is 9.59 Å². The van der Waals surface area contributed by atoms with E-state index in [0.717, 1.165) is 11.4 Å². The van der Waals surface area contributed by atoms with Crippen molar-refractivity contribution in [3.05, 3.63) is 46.7 Å². The van der Waals surface area contributed by atoms with Crippen LogP contribution in [-0.2, 0) is 16.1 Å². The normalized spacial score (nSPS) is 10.7. The number of hydrogen-bond acceptors (Lipinski definition) is 5. The van der Waals surface area contributed by atoms with Crippen LogP contribution in [0.5, 0.6) is 0 Å². The number of amides is 2. The topological polar surface area (TPSA) is 75.4 Å². The molecule has 1 heterocycles. The second-order valence-electron chi connectivity index (χ2n) is 5.10. The number of nitrogens with two attached hydrogens (primary N) is 1. The fourth-order valence-electron chi connectivity index (χ4n) is 2.03. The van der Waals surface area contributed by atoms with E-state index >= 15 is 0 Å². The van der Waals surface area contributed by atoms with Crippen molar-refractivity contribution in [1.29, 1.82) is 0 Å². The molecule has 0 fully saturated rings. The number of anilines is 1. The number of para-hydroxylation sites is 1. The summed E-state index contributed by atoms with van der Waals surface area (Å²) in [5, 5.41) is 6.99. The van der Waals surface area contributed by atoms with Gasteiger partial charge in [0.1, 0.15) is 0 Å². The van der Waals surface area contributed by atoms with Gasteiger partial charge in [-0.3, -0.25) is 14.5 Å². The van der Waals surface area contributed by atoms with Crippen LogP contribution in [0.15, 0.2) is 46.0 Å². The first-order chi connectivity index (χ1) is 11.0. The first-order valence-electron chi connectivity index (χ1n) is 7.04. The summed E-state index contributed by atoms with van der Waals surface area (Å²) in [6.45, 7) is 1.03. The number of carbonyl (C=O) groups excluding carboxylic acids is 2. The molecule has 0 radical (unpaired) electrons. The van der Waals surface area contributed by atoms with Gasteiger partial charge in [-0.15, -0.1) is 11.8 Å². The van der Waals surface area contributed by atoms with E-state index in [1.54, 1.807) is 11.3 Å². The summed E-state index contributed by atoms with van der Waals surface area (Å²) in [5.41, 5.74) is 7.07. The van der Waals surface area contributed by atoms with Crippen LogP contribution in [0.25, 0.3) is 0 Å². The molecule has 2 aromatic rings. The highest BCUT2D eigenvalue weighted by Gasteiger charge is 2.11. The van der Waals surface area contributed by atoms with Crippen molar-refractivity contribution in [2.75, 3.05) is 24.7 Å². The molecule has 0 spiro atoms. The lowest BCUT2D eigenvalue weighted by molar-refractivity contribution is -0.117. The molecule has 2 rings (SSSR count). The minimum atomic E-state index is -0.383. The van der Waals surface area contributed by atoms with Crippen molar-refractivity contribution in [3.63, 3.8) is 0 Å². The molecule has 7 heteroatoms. The molecule has 0 atom stereocenters. The fourth-order valence-corrected chi connectivity index (χ4v) is 3.44. The van der Waals surface area contributed by atoms with Crippen LogP contribution in [0.2, 0.25) is 0 Å². The zero-order valence-corrected chi connectivity index (χ0v) is 14.5. The summed E-state index contributed by atoms with van der Waals surface area (Å²) >= 11 is 2.96.